The van der Waals surface area contributed by atoms with E-state index in [0.29, 0.717) is 0 Å². The van der Waals surface area contributed by atoms with Crippen molar-refractivity contribution in [3.05, 3.63) is 120 Å². The zero-order valence-electron chi connectivity index (χ0n) is 16.0. The van der Waals surface area contributed by atoms with Gasteiger partial charge in [0.2, 0.25) is 0 Å². The lowest BCUT2D eigenvalue weighted by Crippen LogP contribution is -1.92. The third-order valence-electron chi connectivity index (χ3n) is 4.96. The van der Waals surface area contributed by atoms with Gasteiger partial charge in [-0.05, 0) is 65.8 Å². The quantitative estimate of drug-likeness (QED) is 0.364. The van der Waals surface area contributed by atoms with Crippen molar-refractivity contribution < 1.29 is 0 Å². The summed E-state index contributed by atoms with van der Waals surface area (Å²) in [6, 6.07) is 38.6. The van der Waals surface area contributed by atoms with Gasteiger partial charge in [0, 0.05) is 11.4 Å². The van der Waals surface area contributed by atoms with Crippen LogP contribution >= 0.6 is 0 Å². The fourth-order valence-corrected chi connectivity index (χ4v) is 3.51. The summed E-state index contributed by atoms with van der Waals surface area (Å²) >= 11 is 0. The van der Waals surface area contributed by atoms with Crippen molar-refractivity contribution >= 4 is 11.4 Å². The molecule has 0 aliphatic carbocycles. The first-order chi connectivity index (χ1) is 13.9. The molecule has 0 amide bonds. The van der Waals surface area contributed by atoms with E-state index in [0.717, 1.165) is 24.2 Å². The van der Waals surface area contributed by atoms with Crippen LogP contribution in [0.25, 0.3) is 11.1 Å². The van der Waals surface area contributed by atoms with E-state index in [1.807, 2.05) is 18.2 Å². The molecule has 0 aliphatic heterocycles. The van der Waals surface area contributed by atoms with E-state index in [2.05, 4.69) is 96.3 Å². The van der Waals surface area contributed by atoms with Crippen LogP contribution in [0.2, 0.25) is 0 Å². The molecule has 0 aromatic heterocycles. The molecule has 0 radical (unpaired) electrons. The molecule has 4 aromatic rings. The highest BCUT2D eigenvalue weighted by molar-refractivity contribution is 5.71. The summed E-state index contributed by atoms with van der Waals surface area (Å²) in [4.78, 5) is 0. The molecule has 0 atom stereocenters. The fourth-order valence-electron chi connectivity index (χ4n) is 3.51. The fraction of sp³-hybridized carbons (Fsp3) is 0.111. The summed E-state index contributed by atoms with van der Waals surface area (Å²) in [6.07, 6.45) is 3.40. The number of rotatable bonds is 7. The van der Waals surface area contributed by atoms with Crippen LogP contribution < -0.4 is 5.32 Å². The highest BCUT2D eigenvalue weighted by atomic mass is 14.9. The summed E-state index contributed by atoms with van der Waals surface area (Å²) in [6.45, 7) is 0. The molecular weight excluding hydrogens is 338 g/mol. The van der Waals surface area contributed by atoms with Crippen molar-refractivity contribution in [1.29, 1.82) is 0 Å². The average molecular weight is 364 g/mol. The molecule has 4 aromatic carbocycles. The molecule has 0 aliphatic rings. The lowest BCUT2D eigenvalue weighted by Gasteiger charge is -2.10. The van der Waals surface area contributed by atoms with Gasteiger partial charge in [-0.25, -0.2) is 0 Å². The van der Waals surface area contributed by atoms with Crippen molar-refractivity contribution in [2.75, 3.05) is 5.32 Å². The summed E-state index contributed by atoms with van der Waals surface area (Å²) in [7, 11) is 0. The van der Waals surface area contributed by atoms with Gasteiger partial charge in [0.05, 0.1) is 0 Å². The Labute approximate surface area is 167 Å². The molecule has 1 heteroatoms. The number of aryl methyl sites for hydroxylation is 2. The highest BCUT2D eigenvalue weighted by Gasteiger charge is 2.02. The smallest absolute Gasteiger partial charge is 0.0390 e. The molecule has 0 bridgehead atoms. The van der Waals surface area contributed by atoms with Gasteiger partial charge in [-0.15, -0.1) is 0 Å². The normalized spacial score (nSPS) is 10.6. The topological polar surface area (TPSA) is 12.0 Å². The maximum atomic E-state index is 3.48. The number of hydrogen-bond donors (Lipinski definition) is 1. The molecule has 0 unspecified atom stereocenters. The lowest BCUT2D eigenvalue weighted by atomic mass is 9.99. The van der Waals surface area contributed by atoms with Crippen LogP contribution in [-0.2, 0) is 12.8 Å². The van der Waals surface area contributed by atoms with E-state index in [1.54, 1.807) is 0 Å². The molecule has 0 saturated heterocycles. The minimum atomic E-state index is 1.10. The summed E-state index contributed by atoms with van der Waals surface area (Å²) in [5, 5.41) is 3.48. The number of para-hydroxylation sites is 1. The van der Waals surface area contributed by atoms with Gasteiger partial charge < -0.3 is 5.32 Å². The molecule has 0 spiro atoms. The van der Waals surface area contributed by atoms with E-state index in [1.165, 1.54) is 28.7 Å². The highest BCUT2D eigenvalue weighted by Crippen LogP contribution is 2.26. The van der Waals surface area contributed by atoms with Gasteiger partial charge in [0.1, 0.15) is 0 Å². The molecule has 28 heavy (non-hydrogen) atoms. The molecule has 138 valence electrons. The van der Waals surface area contributed by atoms with Crippen molar-refractivity contribution in [2.24, 2.45) is 0 Å². The Morgan fingerprint density at radius 2 is 1.04 bits per heavy atom. The van der Waals surface area contributed by atoms with Crippen LogP contribution in [0.3, 0.4) is 0 Å². The number of anilines is 2. The maximum absolute atomic E-state index is 3.48. The molecule has 1 N–H and O–H groups in total. The lowest BCUT2D eigenvalue weighted by molar-refractivity contribution is 0.821. The Balaban J connectivity index is 1.44. The van der Waals surface area contributed by atoms with Crippen LogP contribution in [0, 0.1) is 0 Å². The second kappa shape index (κ2) is 9.05. The monoisotopic (exact) mass is 363 g/mol. The first kappa shape index (κ1) is 18.1. The molecule has 4 rings (SSSR count). The largest absolute Gasteiger partial charge is 0.356 e. The van der Waals surface area contributed by atoms with E-state index in [-0.39, 0.29) is 0 Å². The number of hydrogen-bond acceptors (Lipinski definition) is 1. The number of benzene rings is 4. The zero-order chi connectivity index (χ0) is 19.0. The van der Waals surface area contributed by atoms with Gasteiger partial charge in [0.25, 0.3) is 0 Å². The van der Waals surface area contributed by atoms with Crippen molar-refractivity contribution in [3.8, 4) is 11.1 Å². The predicted octanol–water partition coefficient (Wildman–Crippen LogP) is 7.27. The van der Waals surface area contributed by atoms with Gasteiger partial charge in [-0.2, -0.15) is 0 Å². The molecular formula is C27H25N. The van der Waals surface area contributed by atoms with E-state index < -0.39 is 0 Å². The molecule has 0 heterocycles. The van der Waals surface area contributed by atoms with E-state index in [9.17, 15) is 0 Å². The Kier molecular flexibility index (Phi) is 5.84. The summed E-state index contributed by atoms with van der Waals surface area (Å²) in [5.74, 6) is 0. The van der Waals surface area contributed by atoms with Crippen molar-refractivity contribution in [2.45, 2.75) is 19.3 Å². The minimum absolute atomic E-state index is 1.10. The SMILES string of the molecule is c1ccc(CCCc2cccc(-c3cccc(Nc4ccccc4)c3)c2)cc1. The minimum Gasteiger partial charge on any atom is -0.356 e. The van der Waals surface area contributed by atoms with Crippen molar-refractivity contribution in [3.63, 3.8) is 0 Å². The maximum Gasteiger partial charge on any atom is 0.0390 e. The first-order valence-electron chi connectivity index (χ1n) is 9.92. The van der Waals surface area contributed by atoms with E-state index in [4.69, 9.17) is 0 Å². The Hall–Kier alpha value is -3.32. The Morgan fingerprint density at radius 3 is 1.82 bits per heavy atom. The van der Waals surface area contributed by atoms with Crippen LogP contribution in [0.15, 0.2) is 109 Å². The van der Waals surface area contributed by atoms with Gasteiger partial charge in [0.15, 0.2) is 0 Å². The van der Waals surface area contributed by atoms with Gasteiger partial charge >= 0.3 is 0 Å². The summed E-state index contributed by atoms with van der Waals surface area (Å²) < 4.78 is 0. The standard InChI is InChI=1S/C27H25N/c1-3-10-22(11-4-1)12-7-13-23-14-8-15-24(20-23)25-16-9-19-27(21-25)28-26-17-5-2-6-18-26/h1-6,8-11,14-21,28H,7,12-13H2. The van der Waals surface area contributed by atoms with Crippen molar-refractivity contribution in [1.82, 2.24) is 0 Å². The summed E-state index contributed by atoms with van der Waals surface area (Å²) in [5.41, 5.74) is 7.54. The second-order valence-electron chi connectivity index (χ2n) is 7.11. The van der Waals surface area contributed by atoms with E-state index >= 15 is 0 Å². The predicted molar refractivity (Wildman–Crippen MR) is 120 cm³/mol. The third-order valence-corrected chi connectivity index (χ3v) is 4.96. The van der Waals surface area contributed by atoms with Crippen LogP contribution in [0.4, 0.5) is 11.4 Å². The third kappa shape index (κ3) is 4.89. The second-order valence-corrected chi connectivity index (χ2v) is 7.11. The Morgan fingerprint density at radius 1 is 0.464 bits per heavy atom. The van der Waals surface area contributed by atoms with Gasteiger partial charge in [-0.1, -0.05) is 84.9 Å². The van der Waals surface area contributed by atoms with Crippen LogP contribution in [0.5, 0.6) is 0 Å². The Bertz CT molecular complexity index is 1010. The van der Waals surface area contributed by atoms with Crippen LogP contribution in [0.1, 0.15) is 17.5 Å². The van der Waals surface area contributed by atoms with Gasteiger partial charge in [-0.3, -0.25) is 0 Å². The van der Waals surface area contributed by atoms with Crippen LogP contribution in [-0.4, -0.2) is 0 Å². The first-order valence-corrected chi connectivity index (χ1v) is 9.92. The molecule has 1 nitrogen and oxygen atoms in total. The number of nitrogens with one attached hydrogen (secondary N) is 1. The molecule has 0 saturated carbocycles. The zero-order valence-corrected chi connectivity index (χ0v) is 16.0. The molecule has 0 fully saturated rings. The average Bonchev–Trinajstić information content (AvgIpc) is 2.76.